The van der Waals surface area contributed by atoms with E-state index in [0.717, 1.165) is 14.8 Å². The Morgan fingerprint density at radius 1 is 1.38 bits per heavy atom. The third-order valence-electron chi connectivity index (χ3n) is 4.47. The van der Waals surface area contributed by atoms with Crippen LogP contribution in [0.1, 0.15) is 17.7 Å². The van der Waals surface area contributed by atoms with Crippen LogP contribution in [0.25, 0.3) is 0 Å². The molecule has 0 saturated carbocycles. The van der Waals surface area contributed by atoms with Crippen LogP contribution in [0.3, 0.4) is 0 Å². The maximum absolute atomic E-state index is 12.5. The Hall–Kier alpha value is -1.39. The zero-order valence-corrected chi connectivity index (χ0v) is 17.4. The summed E-state index contributed by atoms with van der Waals surface area (Å²) in [5.74, 6) is 0.806. The van der Waals surface area contributed by atoms with Crippen molar-refractivity contribution in [1.82, 2.24) is 4.90 Å². The molecular weight excluding hydrogens is 467 g/mol. The molecule has 0 bridgehead atoms. The van der Waals surface area contributed by atoms with Gasteiger partial charge in [-0.15, -0.1) is 0 Å². The number of hydrogen-bond donors (Lipinski definition) is 1. The summed E-state index contributed by atoms with van der Waals surface area (Å²) in [5, 5.41) is 2.90. The van der Waals surface area contributed by atoms with E-state index in [1.807, 2.05) is 36.1 Å². The molecule has 1 atom stereocenters. The summed E-state index contributed by atoms with van der Waals surface area (Å²) in [6.07, 6.45) is 2.12. The van der Waals surface area contributed by atoms with E-state index in [0.29, 0.717) is 18.7 Å². The molecule has 1 amide bonds. The van der Waals surface area contributed by atoms with Crippen molar-refractivity contribution in [3.63, 3.8) is 0 Å². The highest BCUT2D eigenvalue weighted by Gasteiger charge is 2.33. The Labute approximate surface area is 167 Å². The van der Waals surface area contributed by atoms with Crippen LogP contribution >= 0.6 is 22.6 Å². The Morgan fingerprint density at radius 2 is 2.19 bits per heavy atom. The third kappa shape index (κ3) is 5.08. The van der Waals surface area contributed by atoms with Gasteiger partial charge >= 0.3 is 0 Å². The van der Waals surface area contributed by atoms with Gasteiger partial charge < -0.3 is 9.73 Å². The van der Waals surface area contributed by atoms with Crippen molar-refractivity contribution in [2.45, 2.75) is 25.9 Å². The lowest BCUT2D eigenvalue weighted by atomic mass is 10.2. The van der Waals surface area contributed by atoms with E-state index in [1.54, 1.807) is 12.3 Å². The number of sulfone groups is 1. The van der Waals surface area contributed by atoms with Crippen LogP contribution in [-0.2, 0) is 21.2 Å². The van der Waals surface area contributed by atoms with Gasteiger partial charge in [-0.3, -0.25) is 9.69 Å². The maximum atomic E-state index is 12.5. The minimum Gasteiger partial charge on any atom is -0.468 e. The molecule has 0 aliphatic carbocycles. The van der Waals surface area contributed by atoms with E-state index >= 15 is 0 Å². The molecule has 1 fully saturated rings. The highest BCUT2D eigenvalue weighted by Crippen LogP contribution is 2.21. The second-order valence-corrected chi connectivity index (χ2v) is 9.94. The van der Waals surface area contributed by atoms with Gasteiger partial charge in [0.2, 0.25) is 5.91 Å². The van der Waals surface area contributed by atoms with Crippen molar-refractivity contribution < 1.29 is 17.6 Å². The smallest absolute Gasteiger partial charge is 0.238 e. The first-order valence-corrected chi connectivity index (χ1v) is 11.3. The van der Waals surface area contributed by atoms with E-state index in [1.165, 1.54) is 0 Å². The molecule has 6 nitrogen and oxygen atoms in total. The fraction of sp³-hybridized carbons (Fsp3) is 0.389. The van der Waals surface area contributed by atoms with Gasteiger partial charge in [0.1, 0.15) is 5.76 Å². The molecule has 2 aromatic rings. The van der Waals surface area contributed by atoms with Crippen molar-refractivity contribution in [3.8, 4) is 0 Å². The number of carbonyl (C=O) groups excluding carboxylic acids is 1. The number of amides is 1. The summed E-state index contributed by atoms with van der Waals surface area (Å²) in [6.45, 7) is 2.54. The Bertz CT molecular complexity index is 881. The number of rotatable bonds is 6. The number of aryl methyl sites for hydroxylation is 1. The van der Waals surface area contributed by atoms with Crippen LogP contribution in [0, 0.1) is 10.5 Å². The average molecular weight is 488 g/mol. The van der Waals surface area contributed by atoms with E-state index in [9.17, 15) is 13.2 Å². The highest BCUT2D eigenvalue weighted by molar-refractivity contribution is 14.1. The van der Waals surface area contributed by atoms with Crippen molar-refractivity contribution in [2.24, 2.45) is 0 Å². The van der Waals surface area contributed by atoms with Crippen LogP contribution in [0.5, 0.6) is 0 Å². The van der Waals surface area contributed by atoms with Gasteiger partial charge in [0.05, 0.1) is 30.9 Å². The van der Waals surface area contributed by atoms with Crippen LogP contribution in [0.4, 0.5) is 5.69 Å². The monoisotopic (exact) mass is 488 g/mol. The molecule has 140 valence electrons. The Balaban J connectivity index is 1.69. The van der Waals surface area contributed by atoms with Crippen LogP contribution in [0.15, 0.2) is 41.0 Å². The number of carbonyl (C=O) groups is 1. The predicted molar refractivity (Wildman–Crippen MR) is 109 cm³/mol. The predicted octanol–water partition coefficient (Wildman–Crippen LogP) is 2.82. The first-order chi connectivity index (χ1) is 12.3. The van der Waals surface area contributed by atoms with Gasteiger partial charge in [-0.25, -0.2) is 8.42 Å². The standard InChI is InChI=1S/C18H21IN2O4S/c1-13-4-5-14(9-17(13)19)20-18(22)11-21(10-16-3-2-7-25-16)15-6-8-26(23,24)12-15/h2-5,7,9,15H,6,8,10-12H2,1H3,(H,20,22)/t15-/m0/s1. The van der Waals surface area contributed by atoms with Gasteiger partial charge in [-0.2, -0.15) is 0 Å². The van der Waals surface area contributed by atoms with Crippen molar-refractivity contribution in [2.75, 3.05) is 23.4 Å². The van der Waals surface area contributed by atoms with Crippen molar-refractivity contribution in [3.05, 3.63) is 51.5 Å². The number of nitrogens with zero attached hydrogens (tertiary/aromatic N) is 1. The summed E-state index contributed by atoms with van der Waals surface area (Å²) in [7, 11) is -3.03. The molecule has 8 heteroatoms. The fourth-order valence-electron chi connectivity index (χ4n) is 3.04. The first kappa shape index (κ1) is 19.4. The van der Waals surface area contributed by atoms with Crippen molar-refractivity contribution >= 4 is 44.0 Å². The zero-order valence-electron chi connectivity index (χ0n) is 14.4. The number of furan rings is 1. The van der Waals surface area contributed by atoms with Gasteiger partial charge in [0.25, 0.3) is 0 Å². The van der Waals surface area contributed by atoms with E-state index in [2.05, 4.69) is 27.9 Å². The molecule has 1 aromatic carbocycles. The molecule has 3 rings (SSSR count). The SMILES string of the molecule is Cc1ccc(NC(=O)CN(Cc2ccco2)[C@H]2CCS(=O)(=O)C2)cc1I. The molecule has 0 radical (unpaired) electrons. The summed E-state index contributed by atoms with van der Waals surface area (Å²) >= 11 is 2.23. The second kappa shape index (κ2) is 8.10. The minimum atomic E-state index is -3.03. The van der Waals surface area contributed by atoms with Gasteiger partial charge in [-0.1, -0.05) is 6.07 Å². The number of benzene rings is 1. The third-order valence-corrected chi connectivity index (χ3v) is 7.38. The topological polar surface area (TPSA) is 79.6 Å². The normalized spacial score (nSPS) is 19.0. The van der Waals surface area contributed by atoms with E-state index < -0.39 is 9.84 Å². The number of anilines is 1. The van der Waals surface area contributed by atoms with Gasteiger partial charge in [0, 0.05) is 15.3 Å². The van der Waals surface area contributed by atoms with Gasteiger partial charge in [0.15, 0.2) is 9.84 Å². The lowest BCUT2D eigenvalue weighted by molar-refractivity contribution is -0.118. The molecule has 1 aliphatic rings. The average Bonchev–Trinajstić information content (AvgIpc) is 3.19. The highest BCUT2D eigenvalue weighted by atomic mass is 127. The minimum absolute atomic E-state index is 0.0867. The number of halogens is 1. The molecule has 0 spiro atoms. The Morgan fingerprint density at radius 3 is 2.81 bits per heavy atom. The van der Waals surface area contributed by atoms with Gasteiger partial charge in [-0.05, 0) is 65.8 Å². The fourth-order valence-corrected chi connectivity index (χ4v) is 5.31. The maximum Gasteiger partial charge on any atom is 0.238 e. The lowest BCUT2D eigenvalue weighted by Crippen LogP contribution is -2.41. The molecule has 0 unspecified atom stereocenters. The Kier molecular flexibility index (Phi) is 6.03. The molecule has 26 heavy (non-hydrogen) atoms. The van der Waals surface area contributed by atoms with E-state index in [-0.39, 0.29) is 30.0 Å². The van der Waals surface area contributed by atoms with Crippen LogP contribution in [0.2, 0.25) is 0 Å². The number of nitrogens with one attached hydrogen (secondary N) is 1. The van der Waals surface area contributed by atoms with Crippen LogP contribution < -0.4 is 5.32 Å². The van der Waals surface area contributed by atoms with Crippen LogP contribution in [-0.4, -0.2) is 43.3 Å². The zero-order chi connectivity index (χ0) is 18.7. The molecule has 1 saturated heterocycles. The number of hydrogen-bond acceptors (Lipinski definition) is 5. The molecule has 1 aromatic heterocycles. The largest absolute Gasteiger partial charge is 0.468 e. The summed E-state index contributed by atoms with van der Waals surface area (Å²) in [5.41, 5.74) is 1.89. The quantitative estimate of drug-likeness (QED) is 0.633. The molecular formula is C18H21IN2O4S. The summed E-state index contributed by atoms with van der Waals surface area (Å²) in [4.78, 5) is 14.4. The molecule has 2 heterocycles. The molecule has 1 N–H and O–H groups in total. The van der Waals surface area contributed by atoms with E-state index in [4.69, 9.17) is 4.42 Å². The van der Waals surface area contributed by atoms with Crippen molar-refractivity contribution in [1.29, 1.82) is 0 Å². The first-order valence-electron chi connectivity index (χ1n) is 8.35. The molecule has 1 aliphatic heterocycles. The summed E-state index contributed by atoms with van der Waals surface area (Å²) in [6, 6.07) is 9.19. The second-order valence-electron chi connectivity index (χ2n) is 6.55. The summed E-state index contributed by atoms with van der Waals surface area (Å²) < 4.78 is 30.1. The lowest BCUT2D eigenvalue weighted by Gasteiger charge is -2.26.